The van der Waals surface area contributed by atoms with Crippen molar-refractivity contribution in [3.05, 3.63) is 82.3 Å². The van der Waals surface area contributed by atoms with Crippen LogP contribution in [-0.2, 0) is 16.4 Å². The first kappa shape index (κ1) is 26.1. The summed E-state index contributed by atoms with van der Waals surface area (Å²) < 4.78 is 34.3. The highest BCUT2D eigenvalue weighted by Gasteiger charge is 2.30. The molecule has 3 aromatic rings. The van der Waals surface area contributed by atoms with Gasteiger partial charge in [-0.25, -0.2) is 8.42 Å². The fourth-order valence-electron chi connectivity index (χ4n) is 3.79. The molecule has 0 aromatic heterocycles. The van der Waals surface area contributed by atoms with Gasteiger partial charge in [0, 0.05) is 16.7 Å². The predicted molar refractivity (Wildman–Crippen MR) is 149 cm³/mol. The Bertz CT molecular complexity index is 1390. The lowest BCUT2D eigenvalue weighted by atomic mass is 10.2. The number of ether oxygens (including phenoxy) is 1. The highest BCUT2D eigenvalue weighted by atomic mass is 79.9. The summed E-state index contributed by atoms with van der Waals surface area (Å²) in [5.41, 5.74) is 2.63. The van der Waals surface area contributed by atoms with Gasteiger partial charge in [-0.1, -0.05) is 48.0 Å². The van der Waals surface area contributed by atoms with Gasteiger partial charge in [-0.15, -0.1) is 0 Å². The maximum Gasteiger partial charge on any atom is 0.264 e. The molecule has 0 bridgehead atoms. The number of para-hydroxylation sites is 1. The van der Waals surface area contributed by atoms with Crippen molar-refractivity contribution >= 4 is 60.6 Å². The number of rotatable bonds is 7. The standard InChI is InChI=1S/C26H26BrN3O4S2/c1-17(2)16-34-24-12-7-19(27)15-22(24)25(31)29-26(35)28-20-8-10-21(11-9-20)36(32,33)30-14-13-18-5-3-4-6-23(18)30/h3-12,15,17H,13-14,16H2,1-2H3,(H2,28,29,31,35). The van der Waals surface area contributed by atoms with Gasteiger partial charge in [0.25, 0.3) is 15.9 Å². The number of halogens is 1. The van der Waals surface area contributed by atoms with E-state index in [0.29, 0.717) is 48.2 Å². The van der Waals surface area contributed by atoms with Crippen molar-refractivity contribution in [2.75, 3.05) is 22.8 Å². The number of thiocarbonyl (C=S) groups is 1. The monoisotopic (exact) mass is 587 g/mol. The van der Waals surface area contributed by atoms with Crippen molar-refractivity contribution in [1.82, 2.24) is 5.32 Å². The lowest BCUT2D eigenvalue weighted by Gasteiger charge is -2.20. The third kappa shape index (κ3) is 5.88. The minimum Gasteiger partial charge on any atom is -0.492 e. The zero-order chi connectivity index (χ0) is 25.9. The number of carbonyl (C=O) groups excluding carboxylic acids is 1. The number of hydrogen-bond donors (Lipinski definition) is 2. The Balaban J connectivity index is 1.42. The number of sulfonamides is 1. The van der Waals surface area contributed by atoms with E-state index in [1.54, 1.807) is 30.3 Å². The summed E-state index contributed by atoms with van der Waals surface area (Å²) in [7, 11) is -3.69. The van der Waals surface area contributed by atoms with E-state index in [2.05, 4.69) is 26.6 Å². The summed E-state index contributed by atoms with van der Waals surface area (Å²) in [5, 5.41) is 5.67. The minimum atomic E-state index is -3.69. The van der Waals surface area contributed by atoms with Gasteiger partial charge >= 0.3 is 0 Å². The fourth-order valence-corrected chi connectivity index (χ4v) is 5.86. The Kier molecular flexibility index (Phi) is 7.97. The van der Waals surface area contributed by atoms with Crippen molar-refractivity contribution < 1.29 is 17.9 Å². The van der Waals surface area contributed by atoms with Crippen molar-refractivity contribution in [1.29, 1.82) is 0 Å². The zero-order valence-electron chi connectivity index (χ0n) is 19.8. The van der Waals surface area contributed by atoms with Crippen molar-refractivity contribution in [3.8, 4) is 5.75 Å². The largest absolute Gasteiger partial charge is 0.492 e. The third-order valence-electron chi connectivity index (χ3n) is 5.53. The second kappa shape index (κ2) is 11.0. The fraction of sp³-hybridized carbons (Fsp3) is 0.231. The second-order valence-electron chi connectivity index (χ2n) is 8.73. The Morgan fingerprint density at radius 3 is 2.56 bits per heavy atom. The van der Waals surface area contributed by atoms with Crippen molar-refractivity contribution in [3.63, 3.8) is 0 Å². The van der Waals surface area contributed by atoms with Gasteiger partial charge < -0.3 is 10.1 Å². The molecule has 0 radical (unpaired) electrons. The molecule has 4 rings (SSSR count). The molecule has 36 heavy (non-hydrogen) atoms. The first-order chi connectivity index (χ1) is 17.1. The Hall–Kier alpha value is -2.95. The van der Waals surface area contributed by atoms with E-state index >= 15 is 0 Å². The molecule has 1 heterocycles. The van der Waals surface area contributed by atoms with Gasteiger partial charge in [-0.2, -0.15) is 0 Å². The second-order valence-corrected chi connectivity index (χ2v) is 11.9. The van der Waals surface area contributed by atoms with Crippen LogP contribution >= 0.6 is 28.1 Å². The molecule has 0 spiro atoms. The molecule has 0 aliphatic carbocycles. The molecule has 0 unspecified atom stereocenters. The Morgan fingerprint density at radius 1 is 1.11 bits per heavy atom. The van der Waals surface area contributed by atoms with Gasteiger partial charge in [0.1, 0.15) is 5.75 Å². The molecule has 1 amide bonds. The molecule has 1 aliphatic rings. The number of nitrogens with one attached hydrogen (secondary N) is 2. The van der Waals surface area contributed by atoms with Crippen LogP contribution in [0.3, 0.4) is 0 Å². The minimum absolute atomic E-state index is 0.0823. The van der Waals surface area contributed by atoms with Crippen LogP contribution in [0.5, 0.6) is 5.75 Å². The average molecular weight is 589 g/mol. The van der Waals surface area contributed by atoms with E-state index in [4.69, 9.17) is 17.0 Å². The van der Waals surface area contributed by atoms with Crippen molar-refractivity contribution in [2.45, 2.75) is 25.2 Å². The lowest BCUT2D eigenvalue weighted by molar-refractivity contribution is 0.0973. The van der Waals surface area contributed by atoms with Gasteiger partial charge in [0.2, 0.25) is 0 Å². The van der Waals surface area contributed by atoms with Crippen LogP contribution in [0.4, 0.5) is 11.4 Å². The summed E-state index contributed by atoms with van der Waals surface area (Å²) in [5.74, 6) is 0.351. The topological polar surface area (TPSA) is 87.7 Å². The summed E-state index contributed by atoms with van der Waals surface area (Å²) >= 11 is 8.69. The van der Waals surface area contributed by atoms with E-state index in [0.717, 1.165) is 10.0 Å². The first-order valence-corrected chi connectivity index (χ1v) is 14.0. The summed E-state index contributed by atoms with van der Waals surface area (Å²) in [4.78, 5) is 13.1. The molecular weight excluding hydrogens is 562 g/mol. The van der Waals surface area contributed by atoms with Crippen LogP contribution in [0.2, 0.25) is 0 Å². The number of nitrogens with zero attached hydrogens (tertiary/aromatic N) is 1. The smallest absolute Gasteiger partial charge is 0.264 e. The maximum atomic E-state index is 13.2. The SMILES string of the molecule is CC(C)COc1ccc(Br)cc1C(=O)NC(=S)Nc1ccc(S(=O)(=O)N2CCc3ccccc32)cc1. The van der Waals surface area contributed by atoms with Crippen LogP contribution < -0.4 is 19.7 Å². The Labute approximate surface area is 225 Å². The summed E-state index contributed by atoms with van der Waals surface area (Å²) in [6, 6.07) is 19.0. The maximum absolute atomic E-state index is 13.2. The van der Waals surface area contributed by atoms with E-state index in [-0.39, 0.29) is 10.0 Å². The highest BCUT2D eigenvalue weighted by Crippen LogP contribution is 2.33. The molecule has 0 saturated carbocycles. The molecule has 7 nitrogen and oxygen atoms in total. The Morgan fingerprint density at radius 2 is 1.83 bits per heavy atom. The molecule has 3 aromatic carbocycles. The molecule has 188 valence electrons. The van der Waals surface area contributed by atoms with Gasteiger partial charge in [-0.3, -0.25) is 14.4 Å². The molecule has 0 saturated heterocycles. The first-order valence-electron chi connectivity index (χ1n) is 11.4. The number of hydrogen-bond acceptors (Lipinski definition) is 5. The van der Waals surface area contributed by atoms with Gasteiger partial charge in [0.05, 0.1) is 22.8 Å². The number of amides is 1. The summed E-state index contributed by atoms with van der Waals surface area (Å²) in [6.07, 6.45) is 0.686. The van der Waals surface area contributed by atoms with Crippen LogP contribution in [0.15, 0.2) is 76.1 Å². The average Bonchev–Trinajstić information content (AvgIpc) is 3.28. The van der Waals surface area contributed by atoms with E-state index < -0.39 is 15.9 Å². The summed E-state index contributed by atoms with van der Waals surface area (Å²) in [6.45, 7) is 4.94. The number of carbonyl (C=O) groups is 1. The van der Waals surface area contributed by atoms with Crippen LogP contribution in [-0.4, -0.2) is 32.6 Å². The number of fused-ring (bicyclic) bond motifs is 1. The van der Waals surface area contributed by atoms with E-state index in [1.807, 2.05) is 38.1 Å². The third-order valence-corrected chi connectivity index (χ3v) is 8.05. The molecule has 2 N–H and O–H groups in total. The zero-order valence-corrected chi connectivity index (χ0v) is 23.0. The molecule has 0 fully saturated rings. The van der Waals surface area contributed by atoms with Gasteiger partial charge in [-0.05, 0) is 78.7 Å². The van der Waals surface area contributed by atoms with Crippen LogP contribution in [0.1, 0.15) is 29.8 Å². The van der Waals surface area contributed by atoms with Crippen LogP contribution in [0.25, 0.3) is 0 Å². The molecule has 0 atom stereocenters. The molecule has 1 aliphatic heterocycles. The van der Waals surface area contributed by atoms with E-state index in [1.165, 1.54) is 16.4 Å². The predicted octanol–water partition coefficient (Wildman–Crippen LogP) is 5.36. The molecule has 10 heteroatoms. The van der Waals surface area contributed by atoms with Crippen molar-refractivity contribution in [2.24, 2.45) is 5.92 Å². The number of benzene rings is 3. The normalized spacial score (nSPS) is 12.8. The molecular formula is C26H26BrN3O4S2. The highest BCUT2D eigenvalue weighted by molar-refractivity contribution is 9.10. The quantitative estimate of drug-likeness (QED) is 0.362. The number of anilines is 2. The van der Waals surface area contributed by atoms with E-state index in [9.17, 15) is 13.2 Å². The lowest BCUT2D eigenvalue weighted by Crippen LogP contribution is -2.34. The van der Waals surface area contributed by atoms with Crippen LogP contribution in [0, 0.1) is 5.92 Å². The van der Waals surface area contributed by atoms with Gasteiger partial charge in [0.15, 0.2) is 5.11 Å².